The van der Waals surface area contributed by atoms with Crippen molar-refractivity contribution in [3.8, 4) is 0 Å². The van der Waals surface area contributed by atoms with Gasteiger partial charge in [-0.15, -0.1) is 0 Å². The number of hydrogen-bond donors (Lipinski definition) is 1. The van der Waals surface area contributed by atoms with Crippen LogP contribution in [0.2, 0.25) is 5.02 Å². The molecule has 5 heteroatoms. The van der Waals surface area contributed by atoms with Gasteiger partial charge in [0, 0.05) is 10.6 Å². The van der Waals surface area contributed by atoms with Gasteiger partial charge in [0.05, 0.1) is 12.2 Å². The first-order valence-electron chi connectivity index (χ1n) is 6.49. The van der Waals surface area contributed by atoms with Gasteiger partial charge in [-0.2, -0.15) is 0 Å². The maximum atomic E-state index is 12.4. The third-order valence-corrected chi connectivity index (χ3v) is 3.75. The molecule has 0 fully saturated rings. The lowest BCUT2D eigenvalue weighted by Crippen LogP contribution is -2.29. The summed E-state index contributed by atoms with van der Waals surface area (Å²) in [5.41, 5.74) is 3.47. The monoisotopic (exact) mass is 300 g/mol. The van der Waals surface area contributed by atoms with Crippen LogP contribution in [0.3, 0.4) is 0 Å². The van der Waals surface area contributed by atoms with E-state index >= 15 is 0 Å². The van der Waals surface area contributed by atoms with Crippen LogP contribution in [0.1, 0.15) is 16.7 Å². The normalized spacial score (nSPS) is 15.6. The number of amides is 1. The lowest BCUT2D eigenvalue weighted by Gasteiger charge is -2.17. The molecule has 1 aliphatic rings. The zero-order valence-corrected chi connectivity index (χ0v) is 12.1. The highest BCUT2D eigenvalue weighted by Gasteiger charge is 2.34. The summed E-state index contributed by atoms with van der Waals surface area (Å²) in [4.78, 5) is 14.0. The van der Waals surface area contributed by atoms with E-state index in [1.807, 2.05) is 37.3 Å². The molecular weight excluding hydrogens is 288 g/mol. The van der Waals surface area contributed by atoms with Gasteiger partial charge >= 0.3 is 0 Å². The molecule has 0 unspecified atom stereocenters. The van der Waals surface area contributed by atoms with E-state index in [4.69, 9.17) is 16.8 Å². The molecule has 0 spiro atoms. The summed E-state index contributed by atoms with van der Waals surface area (Å²) in [6, 6.07) is 13.0. The molecule has 1 amide bonds. The Morgan fingerprint density at radius 1 is 1.19 bits per heavy atom. The van der Waals surface area contributed by atoms with Crippen LogP contribution in [0.25, 0.3) is 0 Å². The average molecular weight is 301 g/mol. The van der Waals surface area contributed by atoms with Crippen molar-refractivity contribution >= 4 is 28.9 Å². The zero-order chi connectivity index (χ0) is 15.0. The van der Waals surface area contributed by atoms with Gasteiger partial charge in [0.15, 0.2) is 5.71 Å². The lowest BCUT2D eigenvalue weighted by molar-refractivity contribution is -0.112. The van der Waals surface area contributed by atoms with Crippen molar-refractivity contribution < 1.29 is 10.0 Å². The zero-order valence-electron chi connectivity index (χ0n) is 11.4. The van der Waals surface area contributed by atoms with Crippen LogP contribution < -0.4 is 4.90 Å². The van der Waals surface area contributed by atoms with E-state index in [-0.39, 0.29) is 11.6 Å². The molecule has 0 aliphatic carbocycles. The molecule has 2 aromatic carbocycles. The second-order valence-electron chi connectivity index (χ2n) is 4.99. The summed E-state index contributed by atoms with van der Waals surface area (Å²) in [7, 11) is 0. The van der Waals surface area contributed by atoms with Gasteiger partial charge in [-0.1, -0.05) is 40.5 Å². The van der Waals surface area contributed by atoms with E-state index in [1.165, 1.54) is 0 Å². The standard InChI is InChI=1S/C16H13ClN2O2/c1-10-2-7-14-13(8-10)15(18-21)16(20)19(14)9-11-3-5-12(17)6-4-11/h2-8,21H,9H2,1H3/b18-15-. The van der Waals surface area contributed by atoms with Gasteiger partial charge in [-0.05, 0) is 36.8 Å². The number of rotatable bonds is 2. The van der Waals surface area contributed by atoms with Crippen LogP contribution in [0.5, 0.6) is 0 Å². The number of carbonyl (C=O) groups is 1. The Bertz CT molecular complexity index is 738. The van der Waals surface area contributed by atoms with E-state index in [0.29, 0.717) is 17.1 Å². The first-order valence-corrected chi connectivity index (χ1v) is 6.87. The number of anilines is 1. The molecule has 0 radical (unpaired) electrons. The van der Waals surface area contributed by atoms with Crippen molar-refractivity contribution in [3.05, 3.63) is 64.2 Å². The minimum Gasteiger partial charge on any atom is -0.410 e. The Labute approximate surface area is 127 Å². The molecule has 2 aromatic rings. The van der Waals surface area contributed by atoms with E-state index in [1.54, 1.807) is 17.0 Å². The third-order valence-electron chi connectivity index (χ3n) is 3.50. The lowest BCUT2D eigenvalue weighted by atomic mass is 10.1. The number of halogens is 1. The smallest absolute Gasteiger partial charge is 0.281 e. The Morgan fingerprint density at radius 3 is 2.57 bits per heavy atom. The summed E-state index contributed by atoms with van der Waals surface area (Å²) in [5.74, 6) is -0.298. The molecule has 1 heterocycles. The molecule has 0 aromatic heterocycles. The van der Waals surface area contributed by atoms with E-state index in [9.17, 15) is 4.79 Å². The van der Waals surface area contributed by atoms with E-state index in [2.05, 4.69) is 5.16 Å². The fraction of sp³-hybridized carbons (Fsp3) is 0.125. The van der Waals surface area contributed by atoms with Gasteiger partial charge in [-0.25, -0.2) is 0 Å². The molecule has 1 N–H and O–H groups in total. The molecule has 0 atom stereocenters. The molecule has 106 valence electrons. The molecule has 1 aliphatic heterocycles. The summed E-state index contributed by atoms with van der Waals surface area (Å²) < 4.78 is 0. The van der Waals surface area contributed by atoms with Crippen molar-refractivity contribution in [1.82, 2.24) is 0 Å². The number of nitrogens with zero attached hydrogens (tertiary/aromatic N) is 2. The predicted octanol–water partition coefficient (Wildman–Crippen LogP) is 3.37. The molecular formula is C16H13ClN2O2. The van der Waals surface area contributed by atoms with Crippen molar-refractivity contribution in [3.63, 3.8) is 0 Å². The highest BCUT2D eigenvalue weighted by atomic mass is 35.5. The molecule has 3 rings (SSSR count). The summed E-state index contributed by atoms with van der Waals surface area (Å²) in [6.07, 6.45) is 0. The second kappa shape index (κ2) is 5.22. The topological polar surface area (TPSA) is 52.9 Å². The highest BCUT2D eigenvalue weighted by Crippen LogP contribution is 2.31. The SMILES string of the molecule is Cc1ccc2c(c1)/C(=N/O)C(=O)N2Cc1ccc(Cl)cc1. The van der Waals surface area contributed by atoms with E-state index in [0.717, 1.165) is 16.8 Å². The summed E-state index contributed by atoms with van der Waals surface area (Å²) in [6.45, 7) is 2.34. The Balaban J connectivity index is 2.00. The summed E-state index contributed by atoms with van der Waals surface area (Å²) >= 11 is 5.87. The van der Waals surface area contributed by atoms with Gasteiger partial charge in [0.1, 0.15) is 0 Å². The number of aryl methyl sites for hydroxylation is 1. The molecule has 4 nitrogen and oxygen atoms in total. The number of hydrogen-bond acceptors (Lipinski definition) is 3. The largest absolute Gasteiger partial charge is 0.410 e. The van der Waals surface area contributed by atoms with Crippen molar-refractivity contribution in [2.24, 2.45) is 5.16 Å². The Kier molecular flexibility index (Phi) is 3.39. The third kappa shape index (κ3) is 2.38. The second-order valence-corrected chi connectivity index (χ2v) is 5.42. The summed E-state index contributed by atoms with van der Waals surface area (Å²) in [5, 5.41) is 12.9. The average Bonchev–Trinajstić information content (AvgIpc) is 2.73. The number of oxime groups is 1. The fourth-order valence-corrected chi connectivity index (χ4v) is 2.58. The van der Waals surface area contributed by atoms with Crippen molar-refractivity contribution in [2.75, 3.05) is 4.90 Å². The van der Waals surface area contributed by atoms with Crippen LogP contribution in [0, 0.1) is 6.92 Å². The first kappa shape index (κ1) is 13.6. The van der Waals surface area contributed by atoms with Gasteiger partial charge in [-0.3, -0.25) is 4.79 Å². The van der Waals surface area contributed by atoms with Crippen LogP contribution in [0.15, 0.2) is 47.6 Å². The molecule has 0 bridgehead atoms. The predicted molar refractivity (Wildman–Crippen MR) is 82.1 cm³/mol. The first-order chi connectivity index (χ1) is 10.1. The van der Waals surface area contributed by atoms with Gasteiger partial charge < -0.3 is 10.1 Å². The van der Waals surface area contributed by atoms with Crippen LogP contribution in [-0.2, 0) is 11.3 Å². The number of fused-ring (bicyclic) bond motifs is 1. The molecule has 0 saturated heterocycles. The quantitative estimate of drug-likeness (QED) is 0.683. The van der Waals surface area contributed by atoms with Crippen molar-refractivity contribution in [1.29, 1.82) is 0 Å². The van der Waals surface area contributed by atoms with E-state index < -0.39 is 0 Å². The minimum atomic E-state index is -0.298. The molecule has 21 heavy (non-hydrogen) atoms. The maximum absolute atomic E-state index is 12.4. The molecule has 0 saturated carbocycles. The van der Waals surface area contributed by atoms with Crippen LogP contribution >= 0.6 is 11.6 Å². The van der Waals surface area contributed by atoms with Gasteiger partial charge in [0.2, 0.25) is 0 Å². The Hall–Kier alpha value is -2.33. The van der Waals surface area contributed by atoms with Crippen LogP contribution in [0.4, 0.5) is 5.69 Å². The van der Waals surface area contributed by atoms with Crippen molar-refractivity contribution in [2.45, 2.75) is 13.5 Å². The number of carbonyl (C=O) groups excluding carboxylic acids is 1. The highest BCUT2D eigenvalue weighted by molar-refractivity contribution is 6.54. The van der Waals surface area contributed by atoms with Gasteiger partial charge in [0.25, 0.3) is 5.91 Å². The fourth-order valence-electron chi connectivity index (χ4n) is 2.45. The maximum Gasteiger partial charge on any atom is 0.281 e. The Morgan fingerprint density at radius 2 is 1.90 bits per heavy atom. The number of benzene rings is 2. The van der Waals surface area contributed by atoms with Crippen LogP contribution in [-0.4, -0.2) is 16.8 Å². The minimum absolute atomic E-state index is 0.0858.